The summed E-state index contributed by atoms with van der Waals surface area (Å²) in [6, 6.07) is 2.94. The number of ether oxygens (including phenoxy) is 1. The molecule has 0 radical (unpaired) electrons. The molecule has 4 nitrogen and oxygen atoms in total. The third-order valence-corrected chi connectivity index (χ3v) is 3.34. The van der Waals surface area contributed by atoms with Crippen LogP contribution in [0.3, 0.4) is 0 Å². The van der Waals surface area contributed by atoms with Crippen molar-refractivity contribution < 1.29 is 14.9 Å². The number of halogens is 1. The fraction of sp³-hybridized carbons (Fsp3) is 0.571. The summed E-state index contributed by atoms with van der Waals surface area (Å²) in [4.78, 5) is 0. The average Bonchev–Trinajstić information content (AvgIpc) is 2.36. The van der Waals surface area contributed by atoms with Crippen molar-refractivity contribution in [3.8, 4) is 5.75 Å². The predicted octanol–water partition coefficient (Wildman–Crippen LogP) is 2.22. The monoisotopic (exact) mass is 287 g/mol. The van der Waals surface area contributed by atoms with Crippen molar-refractivity contribution in [2.45, 2.75) is 38.3 Å². The summed E-state index contributed by atoms with van der Waals surface area (Å²) in [6.07, 6.45) is -0.605. The largest absolute Gasteiger partial charge is 0.496 e. The van der Waals surface area contributed by atoms with Gasteiger partial charge in [0.1, 0.15) is 5.75 Å². The first-order chi connectivity index (χ1) is 8.92. The normalized spacial score (nSPS) is 14.5. The minimum Gasteiger partial charge on any atom is -0.496 e. The molecule has 0 saturated heterocycles. The molecule has 0 aromatic heterocycles. The summed E-state index contributed by atoms with van der Waals surface area (Å²) in [5.74, 6) is 0.828. The number of aliphatic hydroxyl groups excluding tert-OH is 2. The molecule has 2 atom stereocenters. The maximum atomic E-state index is 10.3. The van der Waals surface area contributed by atoms with Crippen LogP contribution in [0.2, 0.25) is 5.02 Å². The molecule has 1 rings (SSSR count). The second kappa shape index (κ2) is 7.10. The lowest BCUT2D eigenvalue weighted by Crippen LogP contribution is -2.29. The van der Waals surface area contributed by atoms with Gasteiger partial charge in [-0.2, -0.15) is 0 Å². The van der Waals surface area contributed by atoms with E-state index in [-0.39, 0.29) is 12.5 Å². The molecule has 0 aliphatic rings. The number of aliphatic hydroxyl groups is 2. The van der Waals surface area contributed by atoms with Gasteiger partial charge in [0.25, 0.3) is 0 Å². The molecule has 19 heavy (non-hydrogen) atoms. The summed E-state index contributed by atoms with van der Waals surface area (Å²) >= 11 is 6.09. The van der Waals surface area contributed by atoms with E-state index in [2.05, 4.69) is 0 Å². The van der Waals surface area contributed by atoms with E-state index in [1.54, 1.807) is 13.2 Å². The lowest BCUT2D eigenvalue weighted by Gasteiger charge is -2.23. The van der Waals surface area contributed by atoms with Crippen LogP contribution in [0.15, 0.2) is 12.1 Å². The van der Waals surface area contributed by atoms with Gasteiger partial charge in [-0.1, -0.05) is 25.4 Å². The Labute approximate surface area is 119 Å². The van der Waals surface area contributed by atoms with Gasteiger partial charge in [0.15, 0.2) is 0 Å². The SMILES string of the molecule is COc1c(C(C)C)cc(Cl)cc1C(O)C(N)CCO. The fourth-order valence-electron chi connectivity index (χ4n) is 2.06. The van der Waals surface area contributed by atoms with Crippen molar-refractivity contribution in [2.24, 2.45) is 5.73 Å². The third kappa shape index (κ3) is 3.83. The molecule has 2 unspecified atom stereocenters. The highest BCUT2D eigenvalue weighted by molar-refractivity contribution is 6.30. The van der Waals surface area contributed by atoms with E-state index in [9.17, 15) is 5.11 Å². The Morgan fingerprint density at radius 3 is 2.37 bits per heavy atom. The summed E-state index contributed by atoms with van der Waals surface area (Å²) in [6.45, 7) is 3.98. The highest BCUT2D eigenvalue weighted by Gasteiger charge is 2.23. The van der Waals surface area contributed by atoms with E-state index in [1.165, 1.54) is 0 Å². The molecule has 1 aromatic carbocycles. The quantitative estimate of drug-likeness (QED) is 0.750. The van der Waals surface area contributed by atoms with Gasteiger partial charge >= 0.3 is 0 Å². The van der Waals surface area contributed by atoms with Gasteiger partial charge in [0.2, 0.25) is 0 Å². The zero-order valence-corrected chi connectivity index (χ0v) is 12.3. The molecule has 0 heterocycles. The molecule has 0 spiro atoms. The second-order valence-corrected chi connectivity index (χ2v) is 5.33. The van der Waals surface area contributed by atoms with Gasteiger partial charge in [-0.25, -0.2) is 0 Å². The Hall–Kier alpha value is -0.810. The predicted molar refractivity (Wildman–Crippen MR) is 76.7 cm³/mol. The summed E-state index contributed by atoms with van der Waals surface area (Å²) < 4.78 is 5.41. The number of benzene rings is 1. The molecule has 0 bridgehead atoms. The standard InChI is InChI=1S/C14H22ClNO3/c1-8(2)10-6-9(15)7-11(14(10)19-3)13(18)12(16)4-5-17/h6-8,12-13,17-18H,4-5,16H2,1-3H3. The van der Waals surface area contributed by atoms with Gasteiger partial charge in [0, 0.05) is 23.2 Å². The first-order valence-corrected chi connectivity index (χ1v) is 6.72. The van der Waals surface area contributed by atoms with Gasteiger partial charge in [-0.3, -0.25) is 0 Å². The van der Waals surface area contributed by atoms with Crippen LogP contribution >= 0.6 is 11.6 Å². The first kappa shape index (κ1) is 16.2. The first-order valence-electron chi connectivity index (χ1n) is 6.34. The van der Waals surface area contributed by atoms with Gasteiger partial charge < -0.3 is 20.7 Å². The molecular formula is C14H22ClNO3. The summed E-state index contributed by atoms with van der Waals surface area (Å²) in [7, 11) is 1.56. The fourth-order valence-corrected chi connectivity index (χ4v) is 2.29. The van der Waals surface area contributed by atoms with E-state index < -0.39 is 12.1 Å². The van der Waals surface area contributed by atoms with Crippen LogP contribution in [0.25, 0.3) is 0 Å². The lowest BCUT2D eigenvalue weighted by atomic mass is 9.93. The average molecular weight is 288 g/mol. The van der Waals surface area contributed by atoms with Crippen molar-refractivity contribution in [3.63, 3.8) is 0 Å². The topological polar surface area (TPSA) is 75.7 Å². The number of hydrogen-bond donors (Lipinski definition) is 3. The Balaban J connectivity index is 3.25. The van der Waals surface area contributed by atoms with Crippen molar-refractivity contribution >= 4 is 11.6 Å². The smallest absolute Gasteiger partial charge is 0.128 e. The van der Waals surface area contributed by atoms with Crippen LogP contribution in [-0.2, 0) is 0 Å². The maximum absolute atomic E-state index is 10.3. The summed E-state index contributed by atoms with van der Waals surface area (Å²) in [5, 5.41) is 19.7. The molecule has 1 aromatic rings. The Kier molecular flexibility index (Phi) is 6.07. The molecule has 108 valence electrons. The highest BCUT2D eigenvalue weighted by Crippen LogP contribution is 2.37. The zero-order chi connectivity index (χ0) is 14.6. The van der Waals surface area contributed by atoms with Gasteiger partial charge in [0.05, 0.1) is 13.2 Å². The van der Waals surface area contributed by atoms with E-state index in [1.807, 2.05) is 19.9 Å². The number of rotatable bonds is 6. The zero-order valence-electron chi connectivity index (χ0n) is 11.6. The number of methoxy groups -OCH3 is 1. The highest BCUT2D eigenvalue weighted by atomic mass is 35.5. The minimum atomic E-state index is -0.918. The van der Waals surface area contributed by atoms with Crippen molar-refractivity contribution in [2.75, 3.05) is 13.7 Å². The van der Waals surface area contributed by atoms with Crippen LogP contribution in [0.4, 0.5) is 0 Å². The van der Waals surface area contributed by atoms with Crippen molar-refractivity contribution in [1.29, 1.82) is 0 Å². The van der Waals surface area contributed by atoms with Crippen LogP contribution in [-0.4, -0.2) is 30.0 Å². The number of hydrogen-bond acceptors (Lipinski definition) is 4. The molecule has 0 saturated carbocycles. The van der Waals surface area contributed by atoms with Gasteiger partial charge in [-0.15, -0.1) is 0 Å². The van der Waals surface area contributed by atoms with E-state index in [0.29, 0.717) is 22.8 Å². The van der Waals surface area contributed by atoms with Crippen LogP contribution in [0.5, 0.6) is 5.75 Å². The lowest BCUT2D eigenvalue weighted by molar-refractivity contribution is 0.126. The summed E-state index contributed by atoms with van der Waals surface area (Å²) in [5.41, 5.74) is 7.35. The molecule has 4 N–H and O–H groups in total. The van der Waals surface area contributed by atoms with Gasteiger partial charge in [-0.05, 0) is 30.0 Å². The second-order valence-electron chi connectivity index (χ2n) is 4.89. The third-order valence-electron chi connectivity index (χ3n) is 3.12. The Morgan fingerprint density at radius 2 is 1.89 bits per heavy atom. The molecule has 0 aliphatic carbocycles. The maximum Gasteiger partial charge on any atom is 0.128 e. The van der Waals surface area contributed by atoms with Crippen LogP contribution in [0.1, 0.15) is 43.4 Å². The van der Waals surface area contributed by atoms with Crippen LogP contribution in [0, 0.1) is 0 Å². The molecule has 0 amide bonds. The number of nitrogens with two attached hydrogens (primary N) is 1. The Bertz CT molecular complexity index is 423. The van der Waals surface area contributed by atoms with E-state index in [4.69, 9.17) is 27.2 Å². The van der Waals surface area contributed by atoms with Crippen molar-refractivity contribution in [3.05, 3.63) is 28.3 Å². The minimum absolute atomic E-state index is 0.0713. The Morgan fingerprint density at radius 1 is 1.32 bits per heavy atom. The van der Waals surface area contributed by atoms with E-state index in [0.717, 1.165) is 5.56 Å². The molecule has 0 fully saturated rings. The molecule has 5 heteroatoms. The van der Waals surface area contributed by atoms with Crippen molar-refractivity contribution in [1.82, 2.24) is 0 Å². The molecular weight excluding hydrogens is 266 g/mol. The van der Waals surface area contributed by atoms with E-state index >= 15 is 0 Å². The van der Waals surface area contributed by atoms with Crippen LogP contribution < -0.4 is 10.5 Å². The molecule has 0 aliphatic heterocycles.